The summed E-state index contributed by atoms with van der Waals surface area (Å²) in [5.41, 5.74) is 6.77. The van der Waals surface area contributed by atoms with Gasteiger partial charge < -0.3 is 15.9 Å². The van der Waals surface area contributed by atoms with Gasteiger partial charge in [-0.2, -0.15) is 0 Å². The first-order valence-electron chi connectivity index (χ1n) is 5.54. The van der Waals surface area contributed by atoms with Gasteiger partial charge >= 0.3 is 5.97 Å². The van der Waals surface area contributed by atoms with Gasteiger partial charge in [0.1, 0.15) is 0 Å². The molecule has 0 saturated carbocycles. The molecule has 0 spiro atoms. The van der Waals surface area contributed by atoms with Gasteiger partial charge in [-0.05, 0) is 18.2 Å². The molecule has 5 heteroatoms. The van der Waals surface area contributed by atoms with Crippen LogP contribution in [-0.2, 0) is 6.54 Å². The fourth-order valence-electron chi connectivity index (χ4n) is 1.74. The van der Waals surface area contributed by atoms with Gasteiger partial charge in [0.05, 0.1) is 12.2 Å². The third-order valence-corrected chi connectivity index (χ3v) is 2.65. The van der Waals surface area contributed by atoms with Crippen molar-refractivity contribution < 1.29 is 15.0 Å². The molecular weight excluding hydrogens is 220 g/mol. The molecule has 0 amide bonds. The number of nitrogens with two attached hydrogens (primary N) is 1. The van der Waals surface area contributed by atoms with Crippen molar-refractivity contribution in [3.8, 4) is 0 Å². The Hall–Kier alpha value is -1.59. The Labute approximate surface area is 100 Å². The van der Waals surface area contributed by atoms with Gasteiger partial charge in [-0.1, -0.05) is 19.1 Å². The molecule has 0 fully saturated rings. The molecule has 4 N–H and O–H groups in total. The molecule has 1 aromatic carbocycles. The van der Waals surface area contributed by atoms with Gasteiger partial charge in [0.25, 0.3) is 0 Å². The molecule has 94 valence electrons. The maximum atomic E-state index is 11.1. The van der Waals surface area contributed by atoms with Crippen molar-refractivity contribution in [1.29, 1.82) is 0 Å². The van der Waals surface area contributed by atoms with Crippen LogP contribution in [-0.4, -0.2) is 40.8 Å². The highest BCUT2D eigenvalue weighted by atomic mass is 16.4. The molecule has 1 rings (SSSR count). The van der Waals surface area contributed by atoms with Gasteiger partial charge in [0, 0.05) is 18.8 Å². The van der Waals surface area contributed by atoms with Gasteiger partial charge in [-0.15, -0.1) is 0 Å². The standard InChI is InChI=1S/C12H18N2O3/c1-2-14(6-7-15)8-9-4-3-5-10(13)11(9)12(16)17/h3-5,15H,2,6-8,13H2,1H3,(H,16,17). The van der Waals surface area contributed by atoms with E-state index in [1.165, 1.54) is 0 Å². The zero-order valence-corrected chi connectivity index (χ0v) is 9.89. The van der Waals surface area contributed by atoms with E-state index in [1.807, 2.05) is 11.8 Å². The molecule has 0 aliphatic rings. The number of rotatable bonds is 6. The molecule has 0 aliphatic heterocycles. The van der Waals surface area contributed by atoms with Crippen LogP contribution in [0.3, 0.4) is 0 Å². The molecule has 0 aromatic heterocycles. The fraction of sp³-hybridized carbons (Fsp3) is 0.417. The number of benzene rings is 1. The number of nitrogens with zero attached hydrogens (tertiary/aromatic N) is 1. The van der Waals surface area contributed by atoms with Crippen molar-refractivity contribution in [3.05, 3.63) is 29.3 Å². The van der Waals surface area contributed by atoms with Crippen molar-refractivity contribution >= 4 is 11.7 Å². The third-order valence-electron chi connectivity index (χ3n) is 2.65. The van der Waals surface area contributed by atoms with Crippen LogP contribution in [0.15, 0.2) is 18.2 Å². The largest absolute Gasteiger partial charge is 0.478 e. The van der Waals surface area contributed by atoms with Crippen LogP contribution < -0.4 is 5.73 Å². The summed E-state index contributed by atoms with van der Waals surface area (Å²) in [6.07, 6.45) is 0. The number of aliphatic hydroxyl groups is 1. The summed E-state index contributed by atoms with van der Waals surface area (Å²) in [5.74, 6) is -1.02. The Kier molecular flexibility index (Phi) is 4.93. The average Bonchev–Trinajstić information content (AvgIpc) is 2.28. The minimum absolute atomic E-state index is 0.0541. The Morgan fingerprint density at radius 2 is 2.18 bits per heavy atom. The van der Waals surface area contributed by atoms with Gasteiger partial charge in [0.2, 0.25) is 0 Å². The molecule has 0 heterocycles. The number of aliphatic hydroxyl groups excluding tert-OH is 1. The van der Waals surface area contributed by atoms with E-state index in [-0.39, 0.29) is 17.9 Å². The zero-order valence-electron chi connectivity index (χ0n) is 9.89. The molecule has 1 aromatic rings. The molecule has 0 bridgehead atoms. The van der Waals surface area contributed by atoms with E-state index in [0.29, 0.717) is 18.7 Å². The van der Waals surface area contributed by atoms with E-state index in [2.05, 4.69) is 0 Å². The molecule has 0 saturated heterocycles. The third kappa shape index (κ3) is 3.44. The van der Waals surface area contributed by atoms with Crippen LogP contribution >= 0.6 is 0 Å². The molecule has 0 unspecified atom stereocenters. The maximum absolute atomic E-state index is 11.1. The minimum Gasteiger partial charge on any atom is -0.478 e. The predicted molar refractivity (Wildman–Crippen MR) is 65.9 cm³/mol. The normalized spacial score (nSPS) is 10.8. The lowest BCUT2D eigenvalue weighted by Crippen LogP contribution is -2.27. The average molecular weight is 238 g/mol. The van der Waals surface area contributed by atoms with Crippen molar-refractivity contribution in [1.82, 2.24) is 4.90 Å². The summed E-state index contributed by atoms with van der Waals surface area (Å²) >= 11 is 0. The van der Waals surface area contributed by atoms with E-state index in [4.69, 9.17) is 15.9 Å². The Balaban J connectivity index is 2.97. The van der Waals surface area contributed by atoms with E-state index in [1.54, 1.807) is 18.2 Å². The lowest BCUT2D eigenvalue weighted by Gasteiger charge is -2.20. The highest BCUT2D eigenvalue weighted by Gasteiger charge is 2.15. The van der Waals surface area contributed by atoms with Crippen LogP contribution in [0.25, 0.3) is 0 Å². The lowest BCUT2D eigenvalue weighted by molar-refractivity contribution is 0.0695. The molecule has 0 atom stereocenters. The maximum Gasteiger partial charge on any atom is 0.338 e. The monoisotopic (exact) mass is 238 g/mol. The van der Waals surface area contributed by atoms with Crippen LogP contribution in [0.5, 0.6) is 0 Å². The number of anilines is 1. The summed E-state index contributed by atoms with van der Waals surface area (Å²) in [6, 6.07) is 5.07. The summed E-state index contributed by atoms with van der Waals surface area (Å²) in [5, 5.41) is 18.0. The van der Waals surface area contributed by atoms with E-state index in [0.717, 1.165) is 6.54 Å². The number of carboxylic acid groups (broad SMARTS) is 1. The number of hydrogen-bond acceptors (Lipinski definition) is 4. The fourth-order valence-corrected chi connectivity index (χ4v) is 1.74. The van der Waals surface area contributed by atoms with Gasteiger partial charge in [0.15, 0.2) is 0 Å². The van der Waals surface area contributed by atoms with E-state index >= 15 is 0 Å². The first-order chi connectivity index (χ1) is 8.10. The van der Waals surface area contributed by atoms with Crippen LogP contribution in [0.4, 0.5) is 5.69 Å². The second-order valence-electron chi connectivity index (χ2n) is 3.78. The smallest absolute Gasteiger partial charge is 0.338 e. The number of aromatic carboxylic acids is 1. The molecule has 17 heavy (non-hydrogen) atoms. The first-order valence-corrected chi connectivity index (χ1v) is 5.54. The number of likely N-dealkylation sites (N-methyl/N-ethyl adjacent to an activating group) is 1. The summed E-state index contributed by atoms with van der Waals surface area (Å²) in [7, 11) is 0. The second-order valence-corrected chi connectivity index (χ2v) is 3.78. The van der Waals surface area contributed by atoms with Crippen molar-refractivity contribution in [2.75, 3.05) is 25.4 Å². The zero-order chi connectivity index (χ0) is 12.8. The number of carboxylic acids is 1. The predicted octanol–water partition coefficient (Wildman–Crippen LogP) is 0.781. The molecule has 5 nitrogen and oxygen atoms in total. The summed E-state index contributed by atoms with van der Waals surface area (Å²) in [4.78, 5) is 13.1. The Morgan fingerprint density at radius 3 is 2.71 bits per heavy atom. The number of hydrogen-bond donors (Lipinski definition) is 3. The number of carbonyl (C=O) groups is 1. The van der Waals surface area contributed by atoms with E-state index in [9.17, 15) is 4.79 Å². The van der Waals surface area contributed by atoms with E-state index < -0.39 is 5.97 Å². The van der Waals surface area contributed by atoms with Crippen LogP contribution in [0.1, 0.15) is 22.8 Å². The van der Waals surface area contributed by atoms with Gasteiger partial charge in [-0.3, -0.25) is 4.90 Å². The van der Waals surface area contributed by atoms with Crippen molar-refractivity contribution in [2.45, 2.75) is 13.5 Å². The van der Waals surface area contributed by atoms with Crippen molar-refractivity contribution in [2.24, 2.45) is 0 Å². The number of nitrogen functional groups attached to an aromatic ring is 1. The molecular formula is C12H18N2O3. The summed E-state index contributed by atoms with van der Waals surface area (Å²) in [6.45, 7) is 3.75. The quantitative estimate of drug-likeness (QED) is 0.637. The van der Waals surface area contributed by atoms with Crippen LogP contribution in [0.2, 0.25) is 0 Å². The summed E-state index contributed by atoms with van der Waals surface area (Å²) < 4.78 is 0. The Bertz CT molecular complexity index is 393. The topological polar surface area (TPSA) is 86.8 Å². The molecule has 0 radical (unpaired) electrons. The minimum atomic E-state index is -1.02. The van der Waals surface area contributed by atoms with Crippen LogP contribution in [0, 0.1) is 0 Å². The van der Waals surface area contributed by atoms with Gasteiger partial charge in [-0.25, -0.2) is 4.79 Å². The van der Waals surface area contributed by atoms with Crippen molar-refractivity contribution in [3.63, 3.8) is 0 Å². The Morgan fingerprint density at radius 1 is 1.47 bits per heavy atom. The highest BCUT2D eigenvalue weighted by Crippen LogP contribution is 2.18. The molecule has 0 aliphatic carbocycles. The SMILES string of the molecule is CCN(CCO)Cc1cccc(N)c1C(=O)O. The second kappa shape index (κ2) is 6.22. The highest BCUT2D eigenvalue weighted by molar-refractivity contribution is 5.95. The lowest BCUT2D eigenvalue weighted by atomic mass is 10.0. The first kappa shape index (κ1) is 13.5.